The Morgan fingerprint density at radius 1 is 0.765 bits per heavy atom. The van der Waals surface area contributed by atoms with Crippen LogP contribution < -0.4 is 0 Å². The lowest BCUT2D eigenvalue weighted by Crippen LogP contribution is -1.81. The topological polar surface area (TPSA) is 0 Å². The van der Waals surface area contributed by atoms with E-state index in [2.05, 4.69) is 80.4 Å². The Labute approximate surface area is 117 Å². The first-order valence-electron chi connectivity index (χ1n) is 5.45. The lowest BCUT2D eigenvalue weighted by Gasteiger charge is -2.06. The fourth-order valence-corrected chi connectivity index (χ4v) is 2.88. The highest BCUT2D eigenvalue weighted by Crippen LogP contribution is 2.28. The quantitative estimate of drug-likeness (QED) is 0.393. The number of fused-ring (bicyclic) bond motifs is 3. The van der Waals surface area contributed by atoms with Crippen LogP contribution in [0.3, 0.4) is 0 Å². The van der Waals surface area contributed by atoms with Gasteiger partial charge in [0.25, 0.3) is 0 Å². The summed E-state index contributed by atoms with van der Waals surface area (Å²) in [5.41, 5.74) is 1.31. The SMILES string of the molecule is BrCc1ccc2c(ccc3ccc(Br)cc32)c1. The molecule has 84 valence electrons. The Balaban J connectivity index is 2.42. The second kappa shape index (κ2) is 4.43. The van der Waals surface area contributed by atoms with Crippen molar-refractivity contribution < 1.29 is 0 Å². The van der Waals surface area contributed by atoms with E-state index >= 15 is 0 Å². The predicted octanol–water partition coefficient (Wildman–Crippen LogP) is 5.65. The summed E-state index contributed by atoms with van der Waals surface area (Å²) in [6.45, 7) is 0. The van der Waals surface area contributed by atoms with Gasteiger partial charge in [-0.3, -0.25) is 0 Å². The molecular formula is C15H10Br2. The highest BCUT2D eigenvalue weighted by molar-refractivity contribution is 9.10. The first-order valence-corrected chi connectivity index (χ1v) is 7.36. The molecule has 0 aliphatic heterocycles. The third-order valence-electron chi connectivity index (χ3n) is 3.02. The molecule has 17 heavy (non-hydrogen) atoms. The Morgan fingerprint density at radius 3 is 2.35 bits per heavy atom. The van der Waals surface area contributed by atoms with Crippen molar-refractivity contribution in [1.82, 2.24) is 0 Å². The van der Waals surface area contributed by atoms with E-state index in [4.69, 9.17) is 0 Å². The van der Waals surface area contributed by atoms with Crippen LogP contribution in [0.4, 0.5) is 0 Å². The van der Waals surface area contributed by atoms with E-state index in [9.17, 15) is 0 Å². The predicted molar refractivity (Wildman–Crippen MR) is 81.8 cm³/mol. The molecule has 0 N–H and O–H groups in total. The smallest absolute Gasteiger partial charge is 0.0283 e. The van der Waals surface area contributed by atoms with Crippen LogP contribution >= 0.6 is 31.9 Å². The number of hydrogen-bond donors (Lipinski definition) is 0. The van der Waals surface area contributed by atoms with E-state index in [0.29, 0.717) is 0 Å². The zero-order chi connectivity index (χ0) is 11.8. The third kappa shape index (κ3) is 2.00. The van der Waals surface area contributed by atoms with Gasteiger partial charge in [0.2, 0.25) is 0 Å². The summed E-state index contributed by atoms with van der Waals surface area (Å²) in [4.78, 5) is 0. The van der Waals surface area contributed by atoms with Gasteiger partial charge in [0.1, 0.15) is 0 Å². The Bertz CT molecular complexity index is 702. The number of rotatable bonds is 1. The summed E-state index contributed by atoms with van der Waals surface area (Å²) in [5.74, 6) is 0. The Morgan fingerprint density at radius 2 is 1.53 bits per heavy atom. The van der Waals surface area contributed by atoms with E-state index in [-0.39, 0.29) is 0 Å². The van der Waals surface area contributed by atoms with Crippen molar-refractivity contribution in [2.75, 3.05) is 0 Å². The van der Waals surface area contributed by atoms with Crippen LogP contribution in [0.2, 0.25) is 0 Å². The zero-order valence-corrected chi connectivity index (χ0v) is 12.3. The molecule has 0 nitrogen and oxygen atoms in total. The van der Waals surface area contributed by atoms with Crippen LogP contribution in [0.15, 0.2) is 53.0 Å². The van der Waals surface area contributed by atoms with Gasteiger partial charge in [-0.15, -0.1) is 0 Å². The minimum absolute atomic E-state index is 0.902. The molecule has 2 heteroatoms. The first-order chi connectivity index (χ1) is 8.28. The largest absolute Gasteiger partial charge is 0.0876 e. The van der Waals surface area contributed by atoms with Crippen LogP contribution in [0.25, 0.3) is 21.5 Å². The number of hydrogen-bond acceptors (Lipinski definition) is 0. The van der Waals surface area contributed by atoms with Gasteiger partial charge in [-0.2, -0.15) is 0 Å². The van der Waals surface area contributed by atoms with Crippen molar-refractivity contribution in [3.63, 3.8) is 0 Å². The molecule has 0 amide bonds. The number of alkyl halides is 1. The lowest BCUT2D eigenvalue weighted by atomic mass is 10.0. The van der Waals surface area contributed by atoms with E-state index in [0.717, 1.165) is 9.80 Å². The van der Waals surface area contributed by atoms with Crippen LogP contribution in [0.1, 0.15) is 5.56 Å². The third-order valence-corrected chi connectivity index (χ3v) is 4.16. The van der Waals surface area contributed by atoms with Gasteiger partial charge in [0, 0.05) is 9.80 Å². The summed E-state index contributed by atoms with van der Waals surface area (Å²) >= 11 is 7.04. The normalized spacial score (nSPS) is 11.2. The summed E-state index contributed by atoms with van der Waals surface area (Å²) in [6.07, 6.45) is 0. The van der Waals surface area contributed by atoms with Crippen LogP contribution in [0.5, 0.6) is 0 Å². The fraction of sp³-hybridized carbons (Fsp3) is 0.0667. The molecule has 0 aliphatic carbocycles. The minimum atomic E-state index is 0.902. The van der Waals surface area contributed by atoms with Crippen LogP contribution in [-0.2, 0) is 5.33 Å². The van der Waals surface area contributed by atoms with Crippen molar-refractivity contribution >= 4 is 53.4 Å². The molecule has 0 bridgehead atoms. The summed E-state index contributed by atoms with van der Waals surface area (Å²) < 4.78 is 1.13. The molecule has 0 unspecified atom stereocenters. The van der Waals surface area contributed by atoms with Crippen molar-refractivity contribution in [2.45, 2.75) is 5.33 Å². The molecule has 0 saturated carbocycles. The number of halogens is 2. The lowest BCUT2D eigenvalue weighted by molar-refractivity contribution is 1.47. The molecule has 0 aliphatic rings. The van der Waals surface area contributed by atoms with E-state index in [1.807, 2.05) is 0 Å². The molecule has 3 rings (SSSR count). The zero-order valence-electron chi connectivity index (χ0n) is 9.08. The monoisotopic (exact) mass is 348 g/mol. The Kier molecular flexibility index (Phi) is 2.93. The van der Waals surface area contributed by atoms with E-state index < -0.39 is 0 Å². The molecule has 0 fully saturated rings. The van der Waals surface area contributed by atoms with Gasteiger partial charge in [-0.1, -0.05) is 68.3 Å². The van der Waals surface area contributed by atoms with Gasteiger partial charge in [-0.25, -0.2) is 0 Å². The first kappa shape index (κ1) is 11.2. The maximum absolute atomic E-state index is 3.54. The summed E-state index contributed by atoms with van der Waals surface area (Å²) in [7, 11) is 0. The van der Waals surface area contributed by atoms with Gasteiger partial charge < -0.3 is 0 Å². The molecular weight excluding hydrogens is 340 g/mol. The average molecular weight is 350 g/mol. The van der Waals surface area contributed by atoms with Gasteiger partial charge in [0.05, 0.1) is 0 Å². The minimum Gasteiger partial charge on any atom is -0.0876 e. The van der Waals surface area contributed by atoms with Gasteiger partial charge >= 0.3 is 0 Å². The van der Waals surface area contributed by atoms with Crippen LogP contribution in [0, 0.1) is 0 Å². The molecule has 0 spiro atoms. The van der Waals surface area contributed by atoms with Crippen molar-refractivity contribution in [2.24, 2.45) is 0 Å². The molecule has 0 aromatic heterocycles. The summed E-state index contributed by atoms with van der Waals surface area (Å²) in [5, 5.41) is 6.10. The van der Waals surface area contributed by atoms with Gasteiger partial charge in [0.15, 0.2) is 0 Å². The van der Waals surface area contributed by atoms with E-state index in [1.54, 1.807) is 0 Å². The van der Waals surface area contributed by atoms with E-state index in [1.165, 1.54) is 27.1 Å². The van der Waals surface area contributed by atoms with Crippen LogP contribution in [-0.4, -0.2) is 0 Å². The second-order valence-corrected chi connectivity index (χ2v) is 5.60. The average Bonchev–Trinajstić information content (AvgIpc) is 2.37. The maximum atomic E-state index is 3.54. The Hall–Kier alpha value is -0.860. The highest BCUT2D eigenvalue weighted by Gasteiger charge is 2.02. The highest BCUT2D eigenvalue weighted by atomic mass is 79.9. The molecule has 0 saturated heterocycles. The molecule has 3 aromatic carbocycles. The maximum Gasteiger partial charge on any atom is 0.0283 e. The van der Waals surface area contributed by atoms with Crippen molar-refractivity contribution in [3.8, 4) is 0 Å². The molecule has 0 heterocycles. The van der Waals surface area contributed by atoms with Crippen molar-refractivity contribution in [3.05, 3.63) is 58.6 Å². The van der Waals surface area contributed by atoms with Crippen molar-refractivity contribution in [1.29, 1.82) is 0 Å². The second-order valence-electron chi connectivity index (χ2n) is 4.12. The summed E-state index contributed by atoms with van der Waals surface area (Å²) in [6, 6.07) is 17.4. The molecule has 0 radical (unpaired) electrons. The number of benzene rings is 3. The van der Waals surface area contributed by atoms with Gasteiger partial charge in [-0.05, 0) is 39.2 Å². The molecule has 0 atom stereocenters. The molecule has 3 aromatic rings. The standard InChI is InChI=1S/C15H10Br2/c16-9-10-1-6-14-12(7-10)3-2-11-4-5-13(17)8-15(11)14/h1-8H,9H2. The fourth-order valence-electron chi connectivity index (χ4n) is 2.17.